The van der Waals surface area contributed by atoms with Gasteiger partial charge in [0.25, 0.3) is 0 Å². The van der Waals surface area contributed by atoms with Gasteiger partial charge in [0.05, 0.1) is 12.3 Å². The zero-order valence-electron chi connectivity index (χ0n) is 11.7. The van der Waals surface area contributed by atoms with E-state index < -0.39 is 9.39 Å². The summed E-state index contributed by atoms with van der Waals surface area (Å²) in [5, 5.41) is 3.79. The molecular formula is C14H16Cl3NO3. The Labute approximate surface area is 138 Å². The van der Waals surface area contributed by atoms with Crippen LogP contribution in [0.15, 0.2) is 29.4 Å². The Morgan fingerprint density at radius 3 is 2.71 bits per heavy atom. The molecule has 0 amide bonds. The van der Waals surface area contributed by atoms with Crippen LogP contribution in [0.3, 0.4) is 0 Å². The molecule has 0 N–H and O–H groups in total. The molecule has 21 heavy (non-hydrogen) atoms. The Kier molecular flexibility index (Phi) is 5.25. The molecule has 1 atom stereocenters. The second-order valence-electron chi connectivity index (χ2n) is 4.90. The molecule has 4 nitrogen and oxygen atoms in total. The minimum atomic E-state index is -1.35. The van der Waals surface area contributed by atoms with E-state index in [2.05, 4.69) is 9.99 Å². The summed E-state index contributed by atoms with van der Waals surface area (Å²) in [6.07, 6.45) is 0.304. The molecule has 0 radical (unpaired) electrons. The van der Waals surface area contributed by atoms with Crippen LogP contribution in [0.25, 0.3) is 0 Å². The number of oxime groups is 1. The van der Waals surface area contributed by atoms with Gasteiger partial charge >= 0.3 is 0 Å². The van der Waals surface area contributed by atoms with E-state index in [1.165, 1.54) is 7.11 Å². The molecule has 0 bridgehead atoms. The topological polar surface area (TPSA) is 43.4 Å². The van der Waals surface area contributed by atoms with Gasteiger partial charge in [-0.1, -0.05) is 52.1 Å². The third-order valence-electron chi connectivity index (χ3n) is 3.03. The highest BCUT2D eigenvalue weighted by molar-refractivity contribution is 6.67. The van der Waals surface area contributed by atoms with E-state index in [1.54, 1.807) is 0 Å². The summed E-state index contributed by atoms with van der Waals surface area (Å²) in [6, 6.07) is 7.57. The highest BCUT2D eigenvalue weighted by Crippen LogP contribution is 2.50. The van der Waals surface area contributed by atoms with Crippen molar-refractivity contribution in [1.29, 1.82) is 0 Å². The van der Waals surface area contributed by atoms with E-state index in [0.717, 1.165) is 11.3 Å². The Morgan fingerprint density at radius 2 is 2.14 bits per heavy atom. The van der Waals surface area contributed by atoms with Crippen molar-refractivity contribution in [3.8, 4) is 5.75 Å². The van der Waals surface area contributed by atoms with Crippen LogP contribution >= 0.6 is 34.8 Å². The van der Waals surface area contributed by atoms with Crippen molar-refractivity contribution < 1.29 is 14.3 Å². The number of nitrogens with zero attached hydrogens (tertiary/aromatic N) is 1. The molecule has 116 valence electrons. The molecule has 0 aromatic heterocycles. The first kappa shape index (κ1) is 16.7. The van der Waals surface area contributed by atoms with E-state index >= 15 is 0 Å². The molecule has 2 rings (SSSR count). The molecule has 1 saturated heterocycles. The minimum Gasteiger partial charge on any atom is -0.488 e. The average molecular weight is 353 g/mol. The number of hydrogen-bond acceptors (Lipinski definition) is 4. The number of ether oxygens (including phenoxy) is 2. The maximum atomic E-state index is 5.87. The van der Waals surface area contributed by atoms with Crippen molar-refractivity contribution in [2.45, 2.75) is 22.7 Å². The van der Waals surface area contributed by atoms with Gasteiger partial charge in [0, 0.05) is 6.42 Å². The van der Waals surface area contributed by atoms with Gasteiger partial charge < -0.3 is 14.3 Å². The SMILES string of the molecule is CON=C(C)COc1cccc(C2(CC(Cl)(Cl)Cl)CO2)c1. The van der Waals surface area contributed by atoms with Crippen LogP contribution in [0, 0.1) is 0 Å². The molecule has 1 unspecified atom stereocenters. The van der Waals surface area contributed by atoms with Crippen LogP contribution in [-0.2, 0) is 15.2 Å². The third-order valence-corrected chi connectivity index (χ3v) is 3.43. The predicted octanol–water partition coefficient (Wildman–Crippen LogP) is 4.07. The maximum absolute atomic E-state index is 5.87. The van der Waals surface area contributed by atoms with Crippen molar-refractivity contribution >= 4 is 40.5 Å². The lowest BCUT2D eigenvalue weighted by molar-refractivity contribution is 0.209. The molecule has 1 aromatic rings. The van der Waals surface area contributed by atoms with Gasteiger partial charge in [-0.05, 0) is 24.6 Å². The zero-order valence-corrected chi connectivity index (χ0v) is 14.0. The highest BCUT2D eigenvalue weighted by Gasteiger charge is 2.51. The van der Waals surface area contributed by atoms with Crippen LogP contribution in [0.2, 0.25) is 0 Å². The Bertz CT molecular complexity index is 524. The summed E-state index contributed by atoms with van der Waals surface area (Å²) in [5.41, 5.74) is 1.15. The normalized spacial score (nSPS) is 22.0. The lowest BCUT2D eigenvalue weighted by Crippen LogP contribution is -2.18. The van der Waals surface area contributed by atoms with Gasteiger partial charge in [-0.2, -0.15) is 0 Å². The second-order valence-corrected chi connectivity index (χ2v) is 7.42. The summed E-state index contributed by atoms with van der Waals surface area (Å²) in [6.45, 7) is 2.70. The second kappa shape index (κ2) is 6.61. The quantitative estimate of drug-likeness (QED) is 0.335. The number of alkyl halides is 3. The summed E-state index contributed by atoms with van der Waals surface area (Å²) >= 11 is 17.6. The van der Waals surface area contributed by atoms with Crippen LogP contribution in [0.4, 0.5) is 0 Å². The molecule has 1 fully saturated rings. The van der Waals surface area contributed by atoms with Gasteiger partial charge in [-0.3, -0.25) is 0 Å². The monoisotopic (exact) mass is 351 g/mol. The lowest BCUT2D eigenvalue weighted by atomic mass is 9.97. The van der Waals surface area contributed by atoms with Gasteiger partial charge in [-0.25, -0.2) is 0 Å². The Morgan fingerprint density at radius 1 is 1.43 bits per heavy atom. The van der Waals surface area contributed by atoms with Crippen molar-refractivity contribution in [2.75, 3.05) is 20.3 Å². The fourth-order valence-corrected chi connectivity index (χ4v) is 2.67. The Hall–Kier alpha value is -0.680. The highest BCUT2D eigenvalue weighted by atomic mass is 35.6. The molecule has 0 saturated carbocycles. The van der Waals surface area contributed by atoms with E-state index in [9.17, 15) is 0 Å². The molecule has 1 aliphatic rings. The van der Waals surface area contributed by atoms with E-state index in [1.807, 2.05) is 31.2 Å². The summed E-state index contributed by atoms with van der Waals surface area (Å²) < 4.78 is 9.82. The fraction of sp³-hybridized carbons (Fsp3) is 0.500. The fourth-order valence-electron chi connectivity index (χ4n) is 2.02. The maximum Gasteiger partial charge on any atom is 0.193 e. The molecule has 7 heteroatoms. The lowest BCUT2D eigenvalue weighted by Gasteiger charge is -2.18. The number of benzene rings is 1. The molecule has 1 heterocycles. The summed E-state index contributed by atoms with van der Waals surface area (Å²) in [7, 11) is 1.50. The molecule has 0 spiro atoms. The van der Waals surface area contributed by atoms with E-state index in [0.29, 0.717) is 25.4 Å². The number of halogens is 3. The third kappa shape index (κ3) is 4.92. The van der Waals surface area contributed by atoms with Crippen molar-refractivity contribution in [2.24, 2.45) is 5.16 Å². The number of epoxide rings is 1. The predicted molar refractivity (Wildman–Crippen MR) is 84.6 cm³/mol. The van der Waals surface area contributed by atoms with E-state index in [-0.39, 0.29) is 0 Å². The molecule has 1 aliphatic heterocycles. The van der Waals surface area contributed by atoms with Crippen molar-refractivity contribution in [3.63, 3.8) is 0 Å². The summed E-state index contributed by atoms with van der Waals surface area (Å²) in [5.74, 6) is 0.706. The first-order chi connectivity index (χ1) is 9.85. The van der Waals surface area contributed by atoms with Crippen LogP contribution < -0.4 is 4.74 Å². The van der Waals surface area contributed by atoms with Crippen LogP contribution in [-0.4, -0.2) is 29.8 Å². The smallest absolute Gasteiger partial charge is 0.193 e. The van der Waals surface area contributed by atoms with E-state index in [4.69, 9.17) is 44.3 Å². The molecule has 1 aromatic carbocycles. The largest absolute Gasteiger partial charge is 0.488 e. The van der Waals surface area contributed by atoms with Gasteiger partial charge in [0.2, 0.25) is 0 Å². The number of hydrogen-bond donors (Lipinski definition) is 0. The molecular weight excluding hydrogens is 337 g/mol. The van der Waals surface area contributed by atoms with Gasteiger partial charge in [0.15, 0.2) is 3.79 Å². The van der Waals surface area contributed by atoms with Gasteiger partial charge in [-0.15, -0.1) is 0 Å². The van der Waals surface area contributed by atoms with Gasteiger partial charge in [0.1, 0.15) is 25.1 Å². The van der Waals surface area contributed by atoms with Crippen molar-refractivity contribution in [1.82, 2.24) is 0 Å². The Balaban J connectivity index is 2.06. The standard InChI is InChI=1S/C14H16Cl3NO3/c1-10(18-19-2)7-20-12-5-3-4-11(6-12)13(9-21-13)8-14(15,16)17/h3-6H,7-9H2,1-2H3. The minimum absolute atomic E-state index is 0.304. The van der Waals surface area contributed by atoms with Crippen LogP contribution in [0.1, 0.15) is 18.9 Å². The molecule has 0 aliphatic carbocycles. The number of rotatable bonds is 6. The zero-order chi connectivity index (χ0) is 15.5. The van der Waals surface area contributed by atoms with Crippen LogP contribution in [0.5, 0.6) is 5.75 Å². The summed E-state index contributed by atoms with van der Waals surface area (Å²) in [4.78, 5) is 4.68. The first-order valence-corrected chi connectivity index (χ1v) is 7.49. The first-order valence-electron chi connectivity index (χ1n) is 6.35. The average Bonchev–Trinajstić information content (AvgIpc) is 3.16. The van der Waals surface area contributed by atoms with Crippen molar-refractivity contribution in [3.05, 3.63) is 29.8 Å².